The molecule has 1 fully saturated rings. The first-order valence-electron chi connectivity index (χ1n) is 7.58. The van der Waals surface area contributed by atoms with Gasteiger partial charge in [0, 0.05) is 11.7 Å². The third kappa shape index (κ3) is 2.29. The summed E-state index contributed by atoms with van der Waals surface area (Å²) < 4.78 is 2.21. The number of nitrogens with zero attached hydrogens (tertiary/aromatic N) is 2. The first kappa shape index (κ1) is 13.4. The normalized spacial score (nSPS) is 18.5. The van der Waals surface area contributed by atoms with E-state index in [9.17, 15) is 5.11 Å². The minimum Gasteiger partial charge on any atom is -0.399 e. The van der Waals surface area contributed by atoms with Gasteiger partial charge in [-0.25, -0.2) is 4.98 Å². The van der Waals surface area contributed by atoms with Crippen LogP contribution in [0.25, 0.3) is 11.0 Å². The summed E-state index contributed by atoms with van der Waals surface area (Å²) in [7, 11) is 0. The van der Waals surface area contributed by atoms with E-state index in [1.165, 1.54) is 32.1 Å². The maximum atomic E-state index is 9.62. The number of aromatic nitrogens is 2. The second-order valence-corrected chi connectivity index (χ2v) is 5.94. The van der Waals surface area contributed by atoms with Crippen molar-refractivity contribution in [3.8, 4) is 0 Å². The summed E-state index contributed by atoms with van der Waals surface area (Å²) in [5.41, 5.74) is 8.52. The van der Waals surface area contributed by atoms with E-state index in [1.807, 2.05) is 18.2 Å². The first-order chi connectivity index (χ1) is 9.70. The highest BCUT2D eigenvalue weighted by molar-refractivity contribution is 5.79. The molecular formula is C16H23N3O. The van der Waals surface area contributed by atoms with Crippen LogP contribution in [0.2, 0.25) is 0 Å². The maximum Gasteiger partial charge on any atom is 0.135 e. The topological polar surface area (TPSA) is 64.1 Å². The third-order valence-electron chi connectivity index (χ3n) is 4.67. The van der Waals surface area contributed by atoms with Crippen molar-refractivity contribution in [1.29, 1.82) is 0 Å². The number of aliphatic hydroxyl groups is 1. The Balaban J connectivity index is 2.04. The molecule has 1 aliphatic rings. The van der Waals surface area contributed by atoms with Crippen molar-refractivity contribution >= 4 is 16.7 Å². The molecule has 3 rings (SSSR count). The van der Waals surface area contributed by atoms with Crippen LogP contribution in [0.15, 0.2) is 18.2 Å². The minimum atomic E-state index is -0.0222. The smallest absolute Gasteiger partial charge is 0.135 e. The van der Waals surface area contributed by atoms with E-state index in [0.717, 1.165) is 22.5 Å². The molecular weight excluding hydrogens is 250 g/mol. The van der Waals surface area contributed by atoms with Crippen molar-refractivity contribution in [2.24, 2.45) is 5.92 Å². The lowest BCUT2D eigenvalue weighted by Gasteiger charge is -2.30. The Morgan fingerprint density at radius 2 is 2.10 bits per heavy atom. The molecule has 1 aromatic carbocycles. The number of rotatable bonds is 3. The van der Waals surface area contributed by atoms with Gasteiger partial charge in [-0.2, -0.15) is 0 Å². The maximum absolute atomic E-state index is 9.62. The number of aliphatic hydroxyl groups excluding tert-OH is 1. The zero-order valence-corrected chi connectivity index (χ0v) is 12.0. The Morgan fingerprint density at radius 1 is 1.35 bits per heavy atom. The predicted molar refractivity (Wildman–Crippen MR) is 81.4 cm³/mol. The van der Waals surface area contributed by atoms with Gasteiger partial charge in [0.2, 0.25) is 0 Å². The van der Waals surface area contributed by atoms with Crippen LogP contribution in [0.1, 0.15) is 50.9 Å². The van der Waals surface area contributed by atoms with Crippen LogP contribution in [0.4, 0.5) is 5.69 Å². The number of anilines is 1. The fourth-order valence-corrected chi connectivity index (χ4v) is 3.56. The molecule has 108 valence electrons. The molecule has 0 amide bonds. The molecule has 1 aliphatic carbocycles. The van der Waals surface area contributed by atoms with Crippen molar-refractivity contribution in [3.05, 3.63) is 24.0 Å². The zero-order chi connectivity index (χ0) is 14.1. The van der Waals surface area contributed by atoms with Gasteiger partial charge in [0.1, 0.15) is 12.4 Å². The molecule has 1 aromatic heterocycles. The monoisotopic (exact) mass is 273 g/mol. The fourth-order valence-electron chi connectivity index (χ4n) is 3.56. The average molecular weight is 273 g/mol. The molecule has 0 spiro atoms. The van der Waals surface area contributed by atoms with Gasteiger partial charge in [0.25, 0.3) is 0 Å². The summed E-state index contributed by atoms with van der Waals surface area (Å²) >= 11 is 0. The van der Waals surface area contributed by atoms with Crippen molar-refractivity contribution in [2.45, 2.75) is 51.7 Å². The van der Waals surface area contributed by atoms with Crippen LogP contribution in [0.3, 0.4) is 0 Å². The van der Waals surface area contributed by atoms with E-state index < -0.39 is 0 Å². The van der Waals surface area contributed by atoms with Gasteiger partial charge in [0.05, 0.1) is 11.0 Å². The molecule has 2 aromatic rings. The predicted octanol–water partition coefficient (Wildman–Crippen LogP) is 3.25. The number of hydrogen-bond donors (Lipinski definition) is 2. The standard InChI is InChI=1S/C16H23N3O/c1-11(12-5-3-2-4-6-12)19-15-8-7-13(17)9-14(15)18-16(19)10-20/h7-9,11-12,20H,2-6,10,17H2,1H3. The van der Waals surface area contributed by atoms with E-state index >= 15 is 0 Å². The lowest BCUT2D eigenvalue weighted by atomic mass is 9.84. The van der Waals surface area contributed by atoms with Crippen LogP contribution < -0.4 is 5.73 Å². The summed E-state index contributed by atoms with van der Waals surface area (Å²) in [5, 5.41) is 9.62. The Kier molecular flexibility index (Phi) is 3.66. The van der Waals surface area contributed by atoms with Crippen molar-refractivity contribution < 1.29 is 5.11 Å². The zero-order valence-electron chi connectivity index (χ0n) is 12.0. The summed E-state index contributed by atoms with van der Waals surface area (Å²) in [6, 6.07) is 6.20. The Hall–Kier alpha value is -1.55. The number of fused-ring (bicyclic) bond motifs is 1. The number of hydrogen-bond acceptors (Lipinski definition) is 3. The molecule has 4 heteroatoms. The fraction of sp³-hybridized carbons (Fsp3) is 0.562. The molecule has 0 radical (unpaired) electrons. The Morgan fingerprint density at radius 3 is 2.80 bits per heavy atom. The van der Waals surface area contributed by atoms with Gasteiger partial charge >= 0.3 is 0 Å². The van der Waals surface area contributed by atoms with Crippen molar-refractivity contribution in [1.82, 2.24) is 9.55 Å². The second-order valence-electron chi connectivity index (χ2n) is 5.94. The van der Waals surface area contributed by atoms with E-state index in [0.29, 0.717) is 12.0 Å². The molecule has 0 aliphatic heterocycles. The molecule has 1 heterocycles. The highest BCUT2D eigenvalue weighted by Gasteiger charge is 2.24. The number of nitrogen functional groups attached to an aromatic ring is 1. The minimum absolute atomic E-state index is 0.0222. The van der Waals surface area contributed by atoms with Crippen LogP contribution in [0, 0.1) is 5.92 Å². The molecule has 0 bridgehead atoms. The molecule has 1 saturated carbocycles. The molecule has 1 atom stereocenters. The second kappa shape index (κ2) is 5.44. The van der Waals surface area contributed by atoms with Gasteiger partial charge in [-0.3, -0.25) is 0 Å². The van der Waals surface area contributed by atoms with Gasteiger partial charge in [0.15, 0.2) is 0 Å². The quantitative estimate of drug-likeness (QED) is 0.844. The van der Waals surface area contributed by atoms with E-state index in [2.05, 4.69) is 16.5 Å². The van der Waals surface area contributed by atoms with Gasteiger partial charge < -0.3 is 15.4 Å². The summed E-state index contributed by atoms with van der Waals surface area (Å²) in [4.78, 5) is 4.54. The molecule has 3 N–H and O–H groups in total. The third-order valence-corrected chi connectivity index (χ3v) is 4.67. The first-order valence-corrected chi connectivity index (χ1v) is 7.58. The molecule has 20 heavy (non-hydrogen) atoms. The largest absolute Gasteiger partial charge is 0.399 e. The summed E-state index contributed by atoms with van der Waals surface area (Å²) in [6.07, 6.45) is 6.56. The lowest BCUT2D eigenvalue weighted by molar-refractivity contribution is 0.233. The number of imidazole rings is 1. The number of benzene rings is 1. The van der Waals surface area contributed by atoms with Gasteiger partial charge in [-0.05, 0) is 43.9 Å². The molecule has 0 saturated heterocycles. The number of nitrogens with two attached hydrogens (primary N) is 1. The van der Waals surface area contributed by atoms with E-state index in [-0.39, 0.29) is 6.61 Å². The highest BCUT2D eigenvalue weighted by Crippen LogP contribution is 2.35. The average Bonchev–Trinajstić information content (AvgIpc) is 2.84. The van der Waals surface area contributed by atoms with Crippen LogP contribution >= 0.6 is 0 Å². The van der Waals surface area contributed by atoms with Crippen molar-refractivity contribution in [2.75, 3.05) is 5.73 Å². The Bertz CT molecular complexity index is 599. The SMILES string of the molecule is CC(C1CCCCC1)n1c(CO)nc2cc(N)ccc21. The van der Waals surface area contributed by atoms with Crippen LogP contribution in [-0.2, 0) is 6.61 Å². The van der Waals surface area contributed by atoms with Gasteiger partial charge in [-0.15, -0.1) is 0 Å². The van der Waals surface area contributed by atoms with Crippen molar-refractivity contribution in [3.63, 3.8) is 0 Å². The van der Waals surface area contributed by atoms with Crippen LogP contribution in [0.5, 0.6) is 0 Å². The van der Waals surface area contributed by atoms with Crippen LogP contribution in [-0.4, -0.2) is 14.7 Å². The Labute approximate surface area is 119 Å². The molecule has 1 unspecified atom stereocenters. The lowest BCUT2D eigenvalue weighted by Crippen LogP contribution is -2.21. The summed E-state index contributed by atoms with van der Waals surface area (Å²) in [6.45, 7) is 2.23. The molecule has 4 nitrogen and oxygen atoms in total. The van der Waals surface area contributed by atoms with E-state index in [1.54, 1.807) is 0 Å². The highest BCUT2D eigenvalue weighted by atomic mass is 16.3. The van der Waals surface area contributed by atoms with E-state index in [4.69, 9.17) is 5.73 Å². The van der Waals surface area contributed by atoms with Gasteiger partial charge in [-0.1, -0.05) is 19.3 Å². The summed E-state index contributed by atoms with van der Waals surface area (Å²) in [5.74, 6) is 1.44.